The van der Waals surface area contributed by atoms with Crippen LogP contribution < -0.4 is 0 Å². The van der Waals surface area contributed by atoms with Crippen LogP contribution in [0.2, 0.25) is 0 Å². The summed E-state index contributed by atoms with van der Waals surface area (Å²) in [5.41, 5.74) is 0.111. The number of hydrogen-bond acceptors (Lipinski definition) is 6. The molecule has 136 valence electrons. The number of aliphatic hydroxyl groups is 1. The molecule has 0 unspecified atom stereocenters. The number of rotatable bonds is 7. The molecule has 4 atom stereocenters. The van der Waals surface area contributed by atoms with E-state index < -0.39 is 42.5 Å². The van der Waals surface area contributed by atoms with Crippen molar-refractivity contribution in [2.45, 2.75) is 59.7 Å². The zero-order chi connectivity index (χ0) is 18.4. The first-order valence-electron chi connectivity index (χ1n) is 8.43. The number of carbonyl (C=O) groups excluding carboxylic acids is 3. The molecule has 0 amide bonds. The molecule has 6 nitrogen and oxygen atoms in total. The van der Waals surface area contributed by atoms with E-state index in [9.17, 15) is 19.5 Å². The summed E-state index contributed by atoms with van der Waals surface area (Å²) in [6, 6.07) is 0. The van der Waals surface area contributed by atoms with E-state index in [0.717, 1.165) is 6.42 Å². The van der Waals surface area contributed by atoms with Crippen LogP contribution in [-0.2, 0) is 23.9 Å². The Morgan fingerprint density at radius 1 is 1.25 bits per heavy atom. The van der Waals surface area contributed by atoms with Crippen LogP contribution in [-0.4, -0.2) is 41.6 Å². The van der Waals surface area contributed by atoms with Gasteiger partial charge in [-0.3, -0.25) is 14.4 Å². The topological polar surface area (TPSA) is 89.9 Å². The summed E-state index contributed by atoms with van der Waals surface area (Å²) in [5, 5.41) is 9.40. The normalized spacial score (nSPS) is 25.2. The van der Waals surface area contributed by atoms with Crippen molar-refractivity contribution in [2.75, 3.05) is 6.61 Å². The number of Topliss-reactive ketones (excluding diaryl/α,β-unsaturated/α-hetero) is 1. The van der Waals surface area contributed by atoms with Crippen molar-refractivity contribution in [3.8, 4) is 0 Å². The summed E-state index contributed by atoms with van der Waals surface area (Å²) in [5.74, 6) is -1.73. The van der Waals surface area contributed by atoms with E-state index in [4.69, 9.17) is 9.47 Å². The lowest BCUT2D eigenvalue weighted by Crippen LogP contribution is -2.48. The van der Waals surface area contributed by atoms with Crippen LogP contribution in [0.4, 0.5) is 0 Å². The molecule has 1 rings (SSSR count). The lowest BCUT2D eigenvalue weighted by atomic mass is 9.77. The highest BCUT2D eigenvalue weighted by atomic mass is 16.6. The fourth-order valence-electron chi connectivity index (χ4n) is 2.84. The summed E-state index contributed by atoms with van der Waals surface area (Å²) in [7, 11) is 0. The first-order valence-corrected chi connectivity index (χ1v) is 8.43. The lowest BCUT2D eigenvalue weighted by Gasteiger charge is -2.37. The molecular formula is C18H28O6. The molecular weight excluding hydrogens is 312 g/mol. The SMILES string of the molecule is CC[C@H](C)CC(=O)O[C@H]1C(=O)C(CO)=C[C@@H](OC(C)=O)[C@H]1C(C)C. The van der Waals surface area contributed by atoms with Crippen LogP contribution in [0.3, 0.4) is 0 Å². The minimum absolute atomic E-state index is 0.0591. The number of aliphatic hydroxyl groups excluding tert-OH is 1. The number of carbonyl (C=O) groups is 3. The Morgan fingerprint density at radius 3 is 2.33 bits per heavy atom. The quantitative estimate of drug-likeness (QED) is 0.713. The molecule has 24 heavy (non-hydrogen) atoms. The van der Waals surface area contributed by atoms with E-state index in [1.807, 2.05) is 27.7 Å². The van der Waals surface area contributed by atoms with Gasteiger partial charge in [0.15, 0.2) is 6.10 Å². The zero-order valence-corrected chi connectivity index (χ0v) is 15.1. The van der Waals surface area contributed by atoms with Crippen molar-refractivity contribution < 1.29 is 29.0 Å². The van der Waals surface area contributed by atoms with E-state index in [2.05, 4.69) is 0 Å². The molecule has 0 spiro atoms. The van der Waals surface area contributed by atoms with Gasteiger partial charge in [-0.15, -0.1) is 0 Å². The van der Waals surface area contributed by atoms with Gasteiger partial charge >= 0.3 is 11.9 Å². The standard InChI is InChI=1S/C18H28O6/c1-6-11(4)7-15(21)24-18-16(10(2)3)14(23-12(5)20)8-13(9-19)17(18)22/h8,10-11,14,16,18-19H,6-7,9H2,1-5H3/t11-,14+,16+,18+/m0/s1. The van der Waals surface area contributed by atoms with Crippen molar-refractivity contribution in [3.63, 3.8) is 0 Å². The fourth-order valence-corrected chi connectivity index (χ4v) is 2.84. The average molecular weight is 340 g/mol. The van der Waals surface area contributed by atoms with E-state index in [0.29, 0.717) is 0 Å². The summed E-state index contributed by atoms with van der Waals surface area (Å²) < 4.78 is 10.8. The van der Waals surface area contributed by atoms with E-state index in [-0.39, 0.29) is 23.8 Å². The fraction of sp³-hybridized carbons (Fsp3) is 0.722. The molecule has 1 aliphatic carbocycles. The number of ketones is 1. The van der Waals surface area contributed by atoms with Gasteiger partial charge in [0.05, 0.1) is 6.61 Å². The molecule has 0 bridgehead atoms. The number of esters is 2. The molecule has 0 aliphatic heterocycles. The molecule has 0 fully saturated rings. The summed E-state index contributed by atoms with van der Waals surface area (Å²) >= 11 is 0. The summed E-state index contributed by atoms with van der Waals surface area (Å²) in [6.07, 6.45) is 0.774. The van der Waals surface area contributed by atoms with Gasteiger partial charge in [-0.05, 0) is 17.9 Å². The molecule has 0 aromatic rings. The van der Waals surface area contributed by atoms with Crippen LogP contribution in [0, 0.1) is 17.8 Å². The Kier molecular flexibility index (Phi) is 7.60. The van der Waals surface area contributed by atoms with E-state index in [1.54, 1.807) is 0 Å². The van der Waals surface area contributed by atoms with Gasteiger partial charge in [-0.1, -0.05) is 34.1 Å². The summed E-state index contributed by atoms with van der Waals surface area (Å²) in [4.78, 5) is 36.1. The highest BCUT2D eigenvalue weighted by Crippen LogP contribution is 2.32. The van der Waals surface area contributed by atoms with Gasteiger partial charge in [0.1, 0.15) is 6.10 Å². The van der Waals surface area contributed by atoms with Crippen molar-refractivity contribution in [1.29, 1.82) is 0 Å². The second kappa shape index (κ2) is 8.97. The van der Waals surface area contributed by atoms with Gasteiger partial charge in [0, 0.05) is 24.8 Å². The minimum atomic E-state index is -1.04. The van der Waals surface area contributed by atoms with Gasteiger partial charge in [-0.25, -0.2) is 0 Å². The third-order valence-electron chi connectivity index (χ3n) is 4.38. The third kappa shape index (κ3) is 5.16. The van der Waals surface area contributed by atoms with Crippen molar-refractivity contribution in [1.82, 2.24) is 0 Å². The van der Waals surface area contributed by atoms with E-state index in [1.165, 1.54) is 13.0 Å². The predicted octanol–water partition coefficient (Wildman–Crippen LogP) is 2.04. The van der Waals surface area contributed by atoms with Gasteiger partial charge in [-0.2, -0.15) is 0 Å². The second-order valence-corrected chi connectivity index (χ2v) is 6.74. The van der Waals surface area contributed by atoms with Gasteiger partial charge in [0.25, 0.3) is 0 Å². The first-order chi connectivity index (χ1) is 11.2. The van der Waals surface area contributed by atoms with Crippen LogP contribution in [0.1, 0.15) is 47.5 Å². The van der Waals surface area contributed by atoms with Crippen LogP contribution in [0.15, 0.2) is 11.6 Å². The summed E-state index contributed by atoms with van der Waals surface area (Å²) in [6.45, 7) is 8.46. The average Bonchev–Trinajstić information content (AvgIpc) is 2.48. The van der Waals surface area contributed by atoms with Crippen LogP contribution in [0.25, 0.3) is 0 Å². The van der Waals surface area contributed by atoms with Crippen molar-refractivity contribution >= 4 is 17.7 Å². The monoisotopic (exact) mass is 340 g/mol. The molecule has 0 saturated heterocycles. The molecule has 0 aromatic heterocycles. The molecule has 1 N–H and O–H groups in total. The maximum Gasteiger partial charge on any atom is 0.306 e. The zero-order valence-electron chi connectivity index (χ0n) is 15.1. The van der Waals surface area contributed by atoms with Gasteiger partial charge in [0.2, 0.25) is 5.78 Å². The Hall–Kier alpha value is -1.69. The van der Waals surface area contributed by atoms with E-state index >= 15 is 0 Å². The Labute approximate surface area is 143 Å². The largest absolute Gasteiger partial charge is 0.458 e. The highest BCUT2D eigenvalue weighted by molar-refractivity contribution is 6.01. The first kappa shape index (κ1) is 20.4. The van der Waals surface area contributed by atoms with Crippen LogP contribution in [0.5, 0.6) is 0 Å². The molecule has 0 radical (unpaired) electrons. The van der Waals surface area contributed by atoms with Crippen molar-refractivity contribution in [3.05, 3.63) is 11.6 Å². The second-order valence-electron chi connectivity index (χ2n) is 6.74. The minimum Gasteiger partial charge on any atom is -0.458 e. The Balaban J connectivity index is 3.08. The maximum absolute atomic E-state index is 12.5. The molecule has 0 heterocycles. The third-order valence-corrected chi connectivity index (χ3v) is 4.38. The number of ether oxygens (including phenoxy) is 2. The Morgan fingerprint density at radius 2 is 1.88 bits per heavy atom. The number of hydrogen-bond donors (Lipinski definition) is 1. The molecule has 0 saturated carbocycles. The predicted molar refractivity (Wildman–Crippen MR) is 88.0 cm³/mol. The van der Waals surface area contributed by atoms with Gasteiger partial charge < -0.3 is 14.6 Å². The lowest BCUT2D eigenvalue weighted by molar-refractivity contribution is -0.167. The van der Waals surface area contributed by atoms with Crippen molar-refractivity contribution in [2.24, 2.45) is 17.8 Å². The van der Waals surface area contributed by atoms with Crippen LogP contribution >= 0.6 is 0 Å². The smallest absolute Gasteiger partial charge is 0.306 e. The molecule has 1 aliphatic rings. The molecule has 6 heteroatoms. The highest BCUT2D eigenvalue weighted by Gasteiger charge is 2.44. The molecule has 0 aromatic carbocycles. The Bertz CT molecular complexity index is 508. The maximum atomic E-state index is 12.5.